The Kier molecular flexibility index (Phi) is 5.51. The minimum Gasteiger partial charge on any atom is -0.352 e. The van der Waals surface area contributed by atoms with E-state index in [0.717, 1.165) is 0 Å². The number of anilines is 1. The molecule has 1 heterocycles. The van der Waals surface area contributed by atoms with Gasteiger partial charge < -0.3 is 10.3 Å². The highest BCUT2D eigenvalue weighted by atomic mass is 19.3. The maximum absolute atomic E-state index is 13.2. The van der Waals surface area contributed by atoms with E-state index in [1.165, 1.54) is 30.6 Å². The van der Waals surface area contributed by atoms with E-state index in [1.54, 1.807) is 20.8 Å². The van der Waals surface area contributed by atoms with Crippen LogP contribution in [0.3, 0.4) is 0 Å². The van der Waals surface area contributed by atoms with Crippen molar-refractivity contribution in [3.63, 3.8) is 0 Å². The molecule has 8 heteroatoms. The van der Waals surface area contributed by atoms with Crippen molar-refractivity contribution in [2.75, 3.05) is 5.32 Å². The third kappa shape index (κ3) is 4.85. The Labute approximate surface area is 144 Å². The molecule has 0 radical (unpaired) electrons. The summed E-state index contributed by atoms with van der Waals surface area (Å²) in [6.07, 6.45) is 0.139. The van der Waals surface area contributed by atoms with Gasteiger partial charge >= 0.3 is 0 Å². The molecule has 0 saturated carbocycles. The molecule has 1 aromatic carbocycles. The molecule has 0 unspecified atom stereocenters. The lowest BCUT2D eigenvalue weighted by molar-refractivity contribution is -0.128. The Morgan fingerprint density at radius 3 is 2.56 bits per heavy atom. The summed E-state index contributed by atoms with van der Waals surface area (Å²) in [6, 6.07) is 4.01. The number of nitrogens with one attached hydrogen (secondary N) is 3. The number of benzene rings is 1. The van der Waals surface area contributed by atoms with E-state index in [-0.39, 0.29) is 29.5 Å². The molecule has 3 N–H and O–H groups in total. The molecule has 0 aliphatic carbocycles. The van der Waals surface area contributed by atoms with Crippen LogP contribution in [0.25, 0.3) is 0 Å². The zero-order valence-corrected chi connectivity index (χ0v) is 14.2. The molecule has 2 aromatic rings. The maximum Gasteiger partial charge on any atom is 0.264 e. The highest BCUT2D eigenvalue weighted by molar-refractivity contribution is 6.04. The van der Waals surface area contributed by atoms with Crippen LogP contribution in [0, 0.1) is 5.41 Å². The van der Waals surface area contributed by atoms with E-state index >= 15 is 0 Å². The number of H-pyrrole nitrogens is 1. The Bertz CT molecular complexity index is 753. The van der Waals surface area contributed by atoms with E-state index in [4.69, 9.17) is 0 Å². The number of amides is 2. The van der Waals surface area contributed by atoms with Gasteiger partial charge in [-0.25, -0.2) is 13.8 Å². The molecule has 6 nitrogen and oxygen atoms in total. The third-order valence-electron chi connectivity index (χ3n) is 3.46. The Balaban J connectivity index is 2.21. The number of halogens is 2. The fraction of sp³-hybridized carbons (Fsp3) is 0.353. The summed E-state index contributed by atoms with van der Waals surface area (Å²) in [5.74, 6) is -0.710. The van der Waals surface area contributed by atoms with Crippen molar-refractivity contribution >= 4 is 17.8 Å². The number of carbonyl (C=O) groups excluding carboxylic acids is 2. The highest BCUT2D eigenvalue weighted by Crippen LogP contribution is 2.25. The molecule has 0 spiro atoms. The van der Waals surface area contributed by atoms with E-state index < -0.39 is 17.7 Å². The van der Waals surface area contributed by atoms with Gasteiger partial charge in [0.1, 0.15) is 0 Å². The molecule has 0 fully saturated rings. The van der Waals surface area contributed by atoms with Crippen molar-refractivity contribution in [1.29, 1.82) is 0 Å². The molecule has 1 aromatic heterocycles. The number of alkyl halides is 2. The average molecular weight is 350 g/mol. The number of hydrogen-bond donors (Lipinski definition) is 3. The molecule has 2 rings (SSSR count). The smallest absolute Gasteiger partial charge is 0.264 e. The maximum atomic E-state index is 13.2. The summed E-state index contributed by atoms with van der Waals surface area (Å²) in [5.41, 5.74) is -0.557. The van der Waals surface area contributed by atoms with Crippen LogP contribution in [-0.4, -0.2) is 21.8 Å². The number of imidazole rings is 1. The van der Waals surface area contributed by atoms with Crippen LogP contribution < -0.4 is 10.6 Å². The van der Waals surface area contributed by atoms with E-state index in [9.17, 15) is 18.4 Å². The second kappa shape index (κ2) is 7.42. The van der Waals surface area contributed by atoms with Crippen molar-refractivity contribution in [3.8, 4) is 0 Å². The molecule has 134 valence electrons. The van der Waals surface area contributed by atoms with Crippen LogP contribution >= 0.6 is 0 Å². The lowest BCUT2D eigenvalue weighted by Gasteiger charge is -2.18. The first-order valence-corrected chi connectivity index (χ1v) is 7.68. The van der Waals surface area contributed by atoms with Gasteiger partial charge in [-0.1, -0.05) is 32.9 Å². The topological polar surface area (TPSA) is 86.9 Å². The van der Waals surface area contributed by atoms with Crippen molar-refractivity contribution in [2.45, 2.75) is 33.7 Å². The average Bonchev–Trinajstić information content (AvgIpc) is 3.04. The van der Waals surface area contributed by atoms with Crippen LogP contribution in [0.2, 0.25) is 0 Å². The zero-order valence-electron chi connectivity index (χ0n) is 14.2. The summed E-state index contributed by atoms with van der Waals surface area (Å²) in [6.45, 7) is 5.44. The number of nitrogens with zero attached hydrogens (tertiary/aromatic N) is 1. The molecular weight excluding hydrogens is 330 g/mol. The van der Waals surface area contributed by atoms with Gasteiger partial charge in [-0.3, -0.25) is 14.9 Å². The quantitative estimate of drug-likeness (QED) is 0.773. The van der Waals surface area contributed by atoms with Gasteiger partial charge in [0.25, 0.3) is 12.3 Å². The van der Waals surface area contributed by atoms with Crippen molar-refractivity contribution in [2.24, 2.45) is 5.41 Å². The van der Waals surface area contributed by atoms with Crippen molar-refractivity contribution < 1.29 is 18.4 Å². The van der Waals surface area contributed by atoms with Crippen LogP contribution in [0.1, 0.15) is 48.7 Å². The minimum atomic E-state index is -2.80. The molecule has 0 bridgehead atoms. The lowest BCUT2D eigenvalue weighted by atomic mass is 9.95. The number of hydrogen-bond acceptors (Lipinski definition) is 3. The zero-order chi connectivity index (χ0) is 18.6. The van der Waals surface area contributed by atoms with E-state index in [0.29, 0.717) is 5.56 Å². The van der Waals surface area contributed by atoms with Gasteiger partial charge in [0.15, 0.2) is 0 Å². The lowest BCUT2D eigenvalue weighted by Crippen LogP contribution is -2.34. The van der Waals surface area contributed by atoms with Crippen molar-refractivity contribution in [3.05, 3.63) is 47.3 Å². The normalized spacial score (nSPS) is 11.4. The molecular formula is C17H20F2N4O2. The fourth-order valence-corrected chi connectivity index (χ4v) is 2.06. The van der Waals surface area contributed by atoms with E-state index in [2.05, 4.69) is 20.6 Å². The first-order chi connectivity index (χ1) is 11.7. The predicted octanol–water partition coefficient (Wildman–Crippen LogP) is 3.26. The Morgan fingerprint density at radius 2 is 2.00 bits per heavy atom. The second-order valence-electron chi connectivity index (χ2n) is 6.55. The summed E-state index contributed by atoms with van der Waals surface area (Å²) in [4.78, 5) is 30.7. The van der Waals surface area contributed by atoms with Crippen LogP contribution in [0.5, 0.6) is 0 Å². The van der Waals surface area contributed by atoms with Crippen LogP contribution in [0.4, 0.5) is 14.7 Å². The first-order valence-electron chi connectivity index (χ1n) is 7.68. The molecule has 0 aliphatic rings. The molecule has 0 aliphatic heterocycles. The first kappa shape index (κ1) is 18.6. The summed E-state index contributed by atoms with van der Waals surface area (Å²) in [5, 5.41) is 5.15. The van der Waals surface area contributed by atoms with E-state index in [1.807, 2.05) is 0 Å². The second-order valence-corrected chi connectivity index (χ2v) is 6.55. The van der Waals surface area contributed by atoms with Gasteiger partial charge in [0, 0.05) is 35.5 Å². The fourth-order valence-electron chi connectivity index (χ4n) is 2.06. The number of aromatic amines is 1. The third-order valence-corrected chi connectivity index (χ3v) is 3.46. The number of carbonyl (C=O) groups is 2. The molecule has 0 saturated heterocycles. The minimum absolute atomic E-state index is 0.140. The highest BCUT2D eigenvalue weighted by Gasteiger charge is 2.22. The van der Waals surface area contributed by atoms with Crippen molar-refractivity contribution in [1.82, 2.24) is 15.3 Å². The Morgan fingerprint density at radius 1 is 1.28 bits per heavy atom. The standard InChI is InChI=1S/C17H20F2N4O2/c1-17(2,3)15(25)22-9-10-4-5-11(13(18)19)12(8-10)14(24)23-16-20-6-7-21-16/h4-8,13H,9H2,1-3H3,(H,22,25)(H2,20,21,23,24). The largest absolute Gasteiger partial charge is 0.352 e. The molecule has 25 heavy (non-hydrogen) atoms. The van der Waals surface area contributed by atoms with Gasteiger partial charge in [0.05, 0.1) is 0 Å². The van der Waals surface area contributed by atoms with Gasteiger partial charge in [-0.2, -0.15) is 0 Å². The number of rotatable bonds is 5. The van der Waals surface area contributed by atoms with Gasteiger partial charge in [-0.05, 0) is 11.6 Å². The van der Waals surface area contributed by atoms with Crippen LogP contribution in [0.15, 0.2) is 30.6 Å². The molecule has 2 amide bonds. The van der Waals surface area contributed by atoms with Gasteiger partial charge in [0.2, 0.25) is 11.9 Å². The van der Waals surface area contributed by atoms with Crippen LogP contribution in [-0.2, 0) is 11.3 Å². The SMILES string of the molecule is CC(C)(C)C(=O)NCc1ccc(C(F)F)c(C(=O)Nc2ncc[nH]2)c1. The summed E-state index contributed by atoms with van der Waals surface area (Å²) < 4.78 is 26.4. The van der Waals surface area contributed by atoms with Gasteiger partial charge in [-0.15, -0.1) is 0 Å². The predicted molar refractivity (Wildman–Crippen MR) is 89.2 cm³/mol. The monoisotopic (exact) mass is 350 g/mol. The number of aromatic nitrogens is 2. The Hall–Kier alpha value is -2.77. The summed E-state index contributed by atoms with van der Waals surface area (Å²) >= 11 is 0. The molecule has 0 atom stereocenters. The summed E-state index contributed by atoms with van der Waals surface area (Å²) in [7, 11) is 0.